The molecule has 0 bridgehead atoms. The number of benzene rings is 2. The summed E-state index contributed by atoms with van der Waals surface area (Å²) in [7, 11) is 1.63. The highest BCUT2D eigenvalue weighted by molar-refractivity contribution is 9.10. The summed E-state index contributed by atoms with van der Waals surface area (Å²) in [5, 5.41) is 8.29. The zero-order chi connectivity index (χ0) is 19.3. The van der Waals surface area contributed by atoms with Gasteiger partial charge in [0.15, 0.2) is 0 Å². The maximum absolute atomic E-state index is 5.93. The molecule has 0 saturated heterocycles. The third-order valence-corrected chi connectivity index (χ3v) is 4.75. The van der Waals surface area contributed by atoms with Crippen LogP contribution in [-0.2, 0) is 6.61 Å². The predicted octanol–water partition coefficient (Wildman–Crippen LogP) is 5.15. The van der Waals surface area contributed by atoms with Gasteiger partial charge < -0.3 is 13.9 Å². The van der Waals surface area contributed by atoms with E-state index in [4.69, 9.17) is 13.9 Å². The number of methoxy groups -OCH3 is 1. The second kappa shape index (κ2) is 8.22. The minimum atomic E-state index is 0.338. The van der Waals surface area contributed by atoms with Crippen molar-refractivity contribution in [2.24, 2.45) is 0 Å². The molecule has 4 aromatic rings. The summed E-state index contributed by atoms with van der Waals surface area (Å²) < 4.78 is 18.1. The molecule has 6 nitrogen and oxygen atoms in total. The second-order valence-electron chi connectivity index (χ2n) is 5.89. The standard InChI is InChI=1S/C21H16BrN3O3/c1-26-18-7-6-15(12-16(18)13-27-19-5-3-2-4-17(19)22)21-25-24-20(28-21)14-8-10-23-11-9-14/h2-12H,13H2,1H3. The van der Waals surface area contributed by atoms with Crippen LogP contribution in [-0.4, -0.2) is 22.3 Å². The van der Waals surface area contributed by atoms with Crippen molar-refractivity contribution in [3.8, 4) is 34.4 Å². The van der Waals surface area contributed by atoms with Gasteiger partial charge in [0.05, 0.1) is 11.6 Å². The van der Waals surface area contributed by atoms with Crippen molar-refractivity contribution in [1.82, 2.24) is 15.2 Å². The lowest BCUT2D eigenvalue weighted by atomic mass is 10.1. The first-order chi connectivity index (χ1) is 13.7. The average Bonchev–Trinajstić information content (AvgIpc) is 3.24. The van der Waals surface area contributed by atoms with E-state index in [2.05, 4.69) is 31.1 Å². The van der Waals surface area contributed by atoms with E-state index in [1.165, 1.54) is 0 Å². The van der Waals surface area contributed by atoms with Crippen molar-refractivity contribution < 1.29 is 13.9 Å². The molecule has 2 heterocycles. The molecule has 0 spiro atoms. The van der Waals surface area contributed by atoms with Crippen LogP contribution in [0.15, 0.2) is 75.9 Å². The summed E-state index contributed by atoms with van der Waals surface area (Å²) in [4.78, 5) is 4.00. The van der Waals surface area contributed by atoms with Gasteiger partial charge in [-0.05, 0) is 58.4 Å². The normalized spacial score (nSPS) is 10.6. The molecule has 0 aliphatic heterocycles. The maximum atomic E-state index is 5.93. The molecule has 28 heavy (non-hydrogen) atoms. The van der Waals surface area contributed by atoms with Crippen LogP contribution in [0.5, 0.6) is 11.5 Å². The van der Waals surface area contributed by atoms with Gasteiger partial charge in [-0.25, -0.2) is 0 Å². The first-order valence-corrected chi connectivity index (χ1v) is 9.32. The van der Waals surface area contributed by atoms with Crippen molar-refractivity contribution in [2.45, 2.75) is 6.61 Å². The molecule has 7 heteroatoms. The molecule has 0 amide bonds. The fraction of sp³-hybridized carbons (Fsp3) is 0.0952. The maximum Gasteiger partial charge on any atom is 0.248 e. The fourth-order valence-electron chi connectivity index (χ4n) is 2.69. The van der Waals surface area contributed by atoms with Crippen molar-refractivity contribution in [3.63, 3.8) is 0 Å². The Bertz CT molecular complexity index is 1080. The van der Waals surface area contributed by atoms with Crippen molar-refractivity contribution in [1.29, 1.82) is 0 Å². The first-order valence-electron chi connectivity index (χ1n) is 8.53. The molecule has 140 valence electrons. The lowest BCUT2D eigenvalue weighted by molar-refractivity contribution is 0.295. The van der Waals surface area contributed by atoms with Crippen LogP contribution in [0.3, 0.4) is 0 Å². The summed E-state index contributed by atoms with van der Waals surface area (Å²) in [6, 6.07) is 17.0. The van der Waals surface area contributed by atoms with Gasteiger partial charge in [0.25, 0.3) is 0 Å². The Morgan fingerprint density at radius 2 is 1.64 bits per heavy atom. The number of hydrogen-bond donors (Lipinski definition) is 0. The van der Waals surface area contributed by atoms with Gasteiger partial charge in [-0.2, -0.15) is 0 Å². The summed E-state index contributed by atoms with van der Waals surface area (Å²) in [5.41, 5.74) is 2.48. The van der Waals surface area contributed by atoms with Crippen LogP contribution in [0, 0.1) is 0 Å². The number of ether oxygens (including phenoxy) is 2. The Hall–Kier alpha value is -3.19. The fourth-order valence-corrected chi connectivity index (χ4v) is 3.09. The number of pyridine rings is 1. The smallest absolute Gasteiger partial charge is 0.248 e. The third kappa shape index (κ3) is 3.89. The largest absolute Gasteiger partial charge is 0.496 e. The van der Waals surface area contributed by atoms with E-state index in [1.807, 2.05) is 54.6 Å². The molecule has 0 fully saturated rings. The van der Waals surface area contributed by atoms with Gasteiger partial charge in [-0.1, -0.05) is 12.1 Å². The molecule has 0 aliphatic rings. The first kappa shape index (κ1) is 18.2. The molecule has 0 atom stereocenters. The molecule has 0 radical (unpaired) electrons. The van der Waals surface area contributed by atoms with E-state index in [9.17, 15) is 0 Å². The topological polar surface area (TPSA) is 70.3 Å². The Labute approximate surface area is 170 Å². The minimum Gasteiger partial charge on any atom is -0.496 e. The van der Waals surface area contributed by atoms with Gasteiger partial charge in [0, 0.05) is 29.1 Å². The SMILES string of the molecule is COc1ccc(-c2nnc(-c3ccncc3)o2)cc1COc1ccccc1Br. The molecular weight excluding hydrogens is 422 g/mol. The van der Waals surface area contributed by atoms with Crippen molar-refractivity contribution >= 4 is 15.9 Å². The van der Waals surface area contributed by atoms with Crippen LogP contribution in [0.1, 0.15) is 5.56 Å². The Morgan fingerprint density at radius 3 is 2.39 bits per heavy atom. The lowest BCUT2D eigenvalue weighted by Gasteiger charge is -2.12. The van der Waals surface area contributed by atoms with Crippen LogP contribution in [0.2, 0.25) is 0 Å². The van der Waals surface area contributed by atoms with Crippen LogP contribution < -0.4 is 9.47 Å². The monoisotopic (exact) mass is 437 g/mol. The summed E-state index contributed by atoms with van der Waals surface area (Å²) in [6.07, 6.45) is 3.37. The van der Waals surface area contributed by atoms with Crippen LogP contribution >= 0.6 is 15.9 Å². The van der Waals surface area contributed by atoms with Gasteiger partial charge in [-0.15, -0.1) is 10.2 Å². The van der Waals surface area contributed by atoms with E-state index < -0.39 is 0 Å². The molecule has 2 aromatic heterocycles. The van der Waals surface area contributed by atoms with Crippen LogP contribution in [0.4, 0.5) is 0 Å². The van der Waals surface area contributed by atoms with Gasteiger partial charge in [0.2, 0.25) is 11.8 Å². The summed E-state index contributed by atoms with van der Waals surface area (Å²) in [5.74, 6) is 2.35. The van der Waals surface area contributed by atoms with E-state index >= 15 is 0 Å². The van der Waals surface area contributed by atoms with Gasteiger partial charge in [-0.3, -0.25) is 4.98 Å². The van der Waals surface area contributed by atoms with Crippen molar-refractivity contribution in [3.05, 3.63) is 77.0 Å². The highest BCUT2D eigenvalue weighted by Crippen LogP contribution is 2.30. The zero-order valence-electron chi connectivity index (χ0n) is 15.0. The van der Waals surface area contributed by atoms with Gasteiger partial charge >= 0.3 is 0 Å². The van der Waals surface area contributed by atoms with Gasteiger partial charge in [0.1, 0.15) is 18.1 Å². The van der Waals surface area contributed by atoms with E-state index in [0.717, 1.165) is 32.7 Å². The second-order valence-corrected chi connectivity index (χ2v) is 6.75. The van der Waals surface area contributed by atoms with Crippen molar-refractivity contribution in [2.75, 3.05) is 7.11 Å². The number of hydrogen-bond acceptors (Lipinski definition) is 6. The predicted molar refractivity (Wildman–Crippen MR) is 108 cm³/mol. The number of halogens is 1. The molecule has 0 saturated carbocycles. The molecule has 0 aliphatic carbocycles. The summed E-state index contributed by atoms with van der Waals surface area (Å²) in [6.45, 7) is 0.338. The molecular formula is C21H16BrN3O3. The minimum absolute atomic E-state index is 0.338. The Kier molecular flexibility index (Phi) is 5.34. The number of rotatable bonds is 6. The summed E-state index contributed by atoms with van der Waals surface area (Å²) >= 11 is 3.49. The Balaban J connectivity index is 1.60. The highest BCUT2D eigenvalue weighted by Gasteiger charge is 2.14. The molecule has 0 N–H and O–H groups in total. The van der Waals surface area contributed by atoms with E-state index in [0.29, 0.717) is 18.4 Å². The Morgan fingerprint density at radius 1 is 0.893 bits per heavy atom. The molecule has 4 rings (SSSR count). The molecule has 0 unspecified atom stereocenters. The van der Waals surface area contributed by atoms with E-state index in [1.54, 1.807) is 19.5 Å². The van der Waals surface area contributed by atoms with E-state index in [-0.39, 0.29) is 0 Å². The third-order valence-electron chi connectivity index (χ3n) is 4.10. The molecule has 2 aromatic carbocycles. The average molecular weight is 438 g/mol. The quantitative estimate of drug-likeness (QED) is 0.415. The number of nitrogens with zero attached hydrogens (tertiary/aromatic N) is 3. The number of aromatic nitrogens is 3. The number of para-hydroxylation sites is 1. The lowest BCUT2D eigenvalue weighted by Crippen LogP contribution is -1.99. The highest BCUT2D eigenvalue weighted by atomic mass is 79.9. The zero-order valence-corrected chi connectivity index (χ0v) is 16.6. The van der Waals surface area contributed by atoms with Crippen LogP contribution in [0.25, 0.3) is 22.9 Å².